The lowest BCUT2D eigenvalue weighted by Gasteiger charge is -2.17. The van der Waals surface area contributed by atoms with Crippen molar-refractivity contribution in [2.75, 3.05) is 0 Å². The molecule has 2 aromatic rings. The van der Waals surface area contributed by atoms with Crippen molar-refractivity contribution in [1.82, 2.24) is 9.55 Å². The Kier molecular flexibility index (Phi) is 1.84. The summed E-state index contributed by atoms with van der Waals surface area (Å²) in [6.45, 7) is 2.10. The monoisotopic (exact) mass is 240 g/mol. The van der Waals surface area contributed by atoms with E-state index in [1.807, 2.05) is 22.9 Å². The minimum Gasteiger partial charge on any atom is -0.482 e. The predicted molar refractivity (Wildman–Crippen MR) is 66.3 cm³/mol. The van der Waals surface area contributed by atoms with Crippen LogP contribution in [-0.4, -0.2) is 15.7 Å². The zero-order valence-electron chi connectivity index (χ0n) is 9.96. The summed E-state index contributed by atoms with van der Waals surface area (Å²) in [6.07, 6.45) is 6.49. The highest BCUT2D eigenvalue weighted by molar-refractivity contribution is 5.79. The first-order valence-electron chi connectivity index (χ1n) is 6.08. The molecule has 0 saturated heterocycles. The summed E-state index contributed by atoms with van der Waals surface area (Å²) in [6, 6.07) is 6.10. The SMILES string of the molecule is CCC1Oc2ccc(-n3ccnc3)cc2C2=C1O2. The van der Waals surface area contributed by atoms with Crippen molar-refractivity contribution in [3.05, 3.63) is 48.2 Å². The zero-order valence-corrected chi connectivity index (χ0v) is 9.96. The molecule has 0 N–H and O–H groups in total. The Morgan fingerprint density at radius 1 is 1.39 bits per heavy atom. The van der Waals surface area contributed by atoms with Gasteiger partial charge in [0.1, 0.15) is 5.75 Å². The molecule has 4 rings (SSSR count). The number of imidazole rings is 1. The van der Waals surface area contributed by atoms with Gasteiger partial charge in [0.25, 0.3) is 0 Å². The van der Waals surface area contributed by atoms with Crippen molar-refractivity contribution in [2.45, 2.75) is 19.4 Å². The minimum atomic E-state index is 0.0894. The minimum absolute atomic E-state index is 0.0894. The summed E-state index contributed by atoms with van der Waals surface area (Å²) in [7, 11) is 0. The van der Waals surface area contributed by atoms with Crippen LogP contribution in [0.3, 0.4) is 0 Å². The predicted octanol–water partition coefficient (Wildman–Crippen LogP) is 2.74. The summed E-state index contributed by atoms with van der Waals surface area (Å²) < 4.78 is 13.4. The molecular weight excluding hydrogens is 228 g/mol. The Balaban J connectivity index is 1.80. The second kappa shape index (κ2) is 3.38. The summed E-state index contributed by atoms with van der Waals surface area (Å²) >= 11 is 0. The maximum Gasteiger partial charge on any atom is 0.188 e. The number of hydrogen-bond donors (Lipinski definition) is 0. The Hall–Kier alpha value is -2.23. The molecule has 1 aromatic heterocycles. The summed E-state index contributed by atoms with van der Waals surface area (Å²) in [5, 5.41) is 0. The van der Waals surface area contributed by atoms with Gasteiger partial charge in [-0.25, -0.2) is 4.98 Å². The van der Waals surface area contributed by atoms with E-state index in [1.165, 1.54) is 0 Å². The van der Waals surface area contributed by atoms with E-state index in [0.29, 0.717) is 0 Å². The third-order valence-corrected chi connectivity index (χ3v) is 3.34. The van der Waals surface area contributed by atoms with E-state index in [4.69, 9.17) is 9.47 Å². The smallest absolute Gasteiger partial charge is 0.188 e. The summed E-state index contributed by atoms with van der Waals surface area (Å²) in [5.74, 6) is 2.89. The molecule has 0 bridgehead atoms. The van der Waals surface area contributed by atoms with Gasteiger partial charge in [-0.05, 0) is 24.6 Å². The van der Waals surface area contributed by atoms with Crippen LogP contribution in [0.1, 0.15) is 18.9 Å². The van der Waals surface area contributed by atoms with Crippen molar-refractivity contribution in [2.24, 2.45) is 0 Å². The van der Waals surface area contributed by atoms with E-state index in [1.54, 1.807) is 12.5 Å². The lowest BCUT2D eigenvalue weighted by atomic mass is 10.1. The number of rotatable bonds is 2. The molecule has 0 saturated carbocycles. The molecule has 0 aliphatic carbocycles. The van der Waals surface area contributed by atoms with E-state index < -0.39 is 0 Å². The van der Waals surface area contributed by atoms with Crippen LogP contribution >= 0.6 is 0 Å². The molecule has 0 fully saturated rings. The molecule has 4 heteroatoms. The van der Waals surface area contributed by atoms with Gasteiger partial charge in [-0.15, -0.1) is 0 Å². The van der Waals surface area contributed by atoms with Crippen molar-refractivity contribution < 1.29 is 9.47 Å². The molecule has 0 amide bonds. The van der Waals surface area contributed by atoms with Gasteiger partial charge >= 0.3 is 0 Å². The quantitative estimate of drug-likeness (QED) is 0.810. The number of aromatic nitrogens is 2. The molecule has 1 unspecified atom stereocenters. The second-order valence-corrected chi connectivity index (χ2v) is 4.46. The first-order chi connectivity index (χ1) is 8.86. The van der Waals surface area contributed by atoms with Crippen molar-refractivity contribution >= 4 is 5.76 Å². The van der Waals surface area contributed by atoms with Crippen LogP contribution in [0.2, 0.25) is 0 Å². The van der Waals surface area contributed by atoms with Crippen LogP contribution in [0.5, 0.6) is 5.75 Å². The standard InChI is InChI=1S/C14H12N2O2/c1-2-11-14-13(18-14)10-7-9(3-4-12(10)17-11)16-6-5-15-8-16/h3-8,11H,2H2,1H3. The summed E-state index contributed by atoms with van der Waals surface area (Å²) in [5.41, 5.74) is 2.10. The highest BCUT2D eigenvalue weighted by Crippen LogP contribution is 2.48. The third-order valence-electron chi connectivity index (χ3n) is 3.34. The third kappa shape index (κ3) is 1.29. The van der Waals surface area contributed by atoms with Gasteiger partial charge < -0.3 is 14.0 Å². The fourth-order valence-corrected chi connectivity index (χ4v) is 2.33. The fraction of sp³-hybridized carbons (Fsp3) is 0.214. The Bertz CT molecular complexity index is 644. The van der Waals surface area contributed by atoms with Crippen molar-refractivity contribution in [1.29, 1.82) is 0 Å². The van der Waals surface area contributed by atoms with Gasteiger partial charge in [-0.2, -0.15) is 0 Å². The second-order valence-electron chi connectivity index (χ2n) is 4.46. The molecule has 90 valence electrons. The van der Waals surface area contributed by atoms with Gasteiger partial charge in [0, 0.05) is 18.1 Å². The molecule has 4 nitrogen and oxygen atoms in total. The number of nitrogens with zero attached hydrogens (tertiary/aromatic N) is 2. The average molecular weight is 240 g/mol. The zero-order chi connectivity index (χ0) is 12.1. The molecule has 2 aliphatic rings. The number of fused-ring (bicyclic) bond motifs is 2. The molecular formula is C14H12N2O2. The first kappa shape index (κ1) is 9.76. The van der Waals surface area contributed by atoms with Crippen LogP contribution in [0.15, 0.2) is 42.7 Å². The molecule has 3 heterocycles. The Morgan fingerprint density at radius 2 is 2.33 bits per heavy atom. The van der Waals surface area contributed by atoms with Crippen LogP contribution in [-0.2, 0) is 4.74 Å². The van der Waals surface area contributed by atoms with Crippen molar-refractivity contribution in [3.8, 4) is 11.4 Å². The average Bonchev–Trinajstić information content (AvgIpc) is 3.03. The molecule has 1 atom stereocenters. The van der Waals surface area contributed by atoms with Gasteiger partial charge in [-0.1, -0.05) is 6.92 Å². The van der Waals surface area contributed by atoms with E-state index in [2.05, 4.69) is 18.0 Å². The Morgan fingerprint density at radius 3 is 3.11 bits per heavy atom. The number of hydrogen-bond acceptors (Lipinski definition) is 3. The van der Waals surface area contributed by atoms with Gasteiger partial charge in [0.05, 0.1) is 11.9 Å². The van der Waals surface area contributed by atoms with E-state index in [9.17, 15) is 0 Å². The molecule has 2 aliphatic heterocycles. The highest BCUT2D eigenvalue weighted by Gasteiger charge is 2.41. The topological polar surface area (TPSA) is 39.6 Å². The normalized spacial score (nSPS) is 19.7. The Labute approximate surface area is 104 Å². The van der Waals surface area contributed by atoms with E-state index >= 15 is 0 Å². The van der Waals surface area contributed by atoms with Gasteiger partial charge in [-0.3, -0.25) is 0 Å². The highest BCUT2D eigenvalue weighted by atomic mass is 16.6. The molecule has 0 spiro atoms. The fourth-order valence-electron chi connectivity index (χ4n) is 2.33. The summed E-state index contributed by atoms with van der Waals surface area (Å²) in [4.78, 5) is 4.05. The largest absolute Gasteiger partial charge is 0.482 e. The van der Waals surface area contributed by atoms with Crippen LogP contribution in [0.25, 0.3) is 11.4 Å². The molecule has 0 radical (unpaired) electrons. The lowest BCUT2D eigenvalue weighted by Crippen LogP contribution is -2.16. The first-order valence-corrected chi connectivity index (χ1v) is 6.08. The maximum absolute atomic E-state index is 5.90. The molecule has 1 aromatic carbocycles. The van der Waals surface area contributed by atoms with E-state index in [-0.39, 0.29) is 6.10 Å². The lowest BCUT2D eigenvalue weighted by molar-refractivity contribution is 0.211. The maximum atomic E-state index is 5.90. The van der Waals surface area contributed by atoms with Gasteiger partial charge in [0.2, 0.25) is 0 Å². The van der Waals surface area contributed by atoms with E-state index in [0.717, 1.165) is 34.9 Å². The van der Waals surface area contributed by atoms with Crippen LogP contribution < -0.4 is 4.74 Å². The molecule has 18 heavy (non-hydrogen) atoms. The number of ether oxygens (including phenoxy) is 2. The number of benzene rings is 1. The van der Waals surface area contributed by atoms with Crippen molar-refractivity contribution in [3.63, 3.8) is 0 Å². The van der Waals surface area contributed by atoms with Crippen LogP contribution in [0, 0.1) is 0 Å². The van der Waals surface area contributed by atoms with Gasteiger partial charge in [0.15, 0.2) is 17.6 Å². The van der Waals surface area contributed by atoms with Crippen LogP contribution in [0.4, 0.5) is 0 Å².